The van der Waals surface area contributed by atoms with Gasteiger partial charge in [-0.15, -0.1) is 0 Å². The Balaban J connectivity index is 2.14. The van der Waals surface area contributed by atoms with Crippen molar-refractivity contribution in [1.82, 2.24) is 0 Å². The summed E-state index contributed by atoms with van der Waals surface area (Å²) in [7, 11) is 0. The fourth-order valence-electron chi connectivity index (χ4n) is 1.60. The largest absolute Gasteiger partial charge is 0.484 e. The van der Waals surface area contributed by atoms with E-state index in [1.54, 1.807) is 0 Å². The molecule has 0 bridgehead atoms. The number of ether oxygens (including phenoxy) is 2. The Labute approximate surface area is 101 Å². The summed E-state index contributed by atoms with van der Waals surface area (Å²) < 4.78 is 37.7. The van der Waals surface area contributed by atoms with Gasteiger partial charge in [-0.2, -0.15) is 0 Å². The van der Waals surface area contributed by atoms with Crippen LogP contribution in [0.2, 0.25) is 0 Å². The van der Waals surface area contributed by atoms with Crippen LogP contribution < -0.4 is 4.74 Å². The molecule has 0 atom stereocenters. The molecule has 0 radical (unpaired) electrons. The fraction of sp³-hybridized carbons (Fsp3) is 0.455. The van der Waals surface area contributed by atoms with Crippen molar-refractivity contribution in [2.24, 2.45) is 0 Å². The zero-order chi connectivity index (χ0) is 11.5. The average molecular weight is 293 g/mol. The zero-order valence-corrected chi connectivity index (χ0v) is 10.1. The van der Waals surface area contributed by atoms with Crippen LogP contribution in [0, 0.1) is 11.6 Å². The first-order valence-corrected chi connectivity index (χ1v) is 5.85. The van der Waals surface area contributed by atoms with Crippen LogP contribution in [0.4, 0.5) is 8.78 Å². The number of halogens is 3. The molecule has 1 saturated heterocycles. The van der Waals surface area contributed by atoms with Crippen molar-refractivity contribution < 1.29 is 18.3 Å². The molecule has 1 heterocycles. The van der Waals surface area contributed by atoms with Gasteiger partial charge < -0.3 is 9.47 Å². The summed E-state index contributed by atoms with van der Waals surface area (Å²) in [5.41, 5.74) is 0. The van der Waals surface area contributed by atoms with Crippen molar-refractivity contribution >= 4 is 15.9 Å². The van der Waals surface area contributed by atoms with E-state index in [4.69, 9.17) is 9.47 Å². The summed E-state index contributed by atoms with van der Waals surface area (Å²) in [5, 5.41) is 0. The Morgan fingerprint density at radius 1 is 1.19 bits per heavy atom. The molecule has 0 unspecified atom stereocenters. The van der Waals surface area contributed by atoms with Crippen LogP contribution in [-0.4, -0.2) is 19.3 Å². The van der Waals surface area contributed by atoms with Crippen molar-refractivity contribution in [3.8, 4) is 5.75 Å². The second kappa shape index (κ2) is 5.10. The Hall–Kier alpha value is -0.680. The minimum absolute atomic E-state index is 0.168. The van der Waals surface area contributed by atoms with Crippen LogP contribution in [0.25, 0.3) is 0 Å². The molecular weight excluding hydrogens is 282 g/mol. The molecule has 0 N–H and O–H groups in total. The minimum Gasteiger partial charge on any atom is -0.484 e. The molecule has 1 aliphatic rings. The highest BCUT2D eigenvalue weighted by Gasteiger charge is 2.20. The summed E-state index contributed by atoms with van der Waals surface area (Å²) in [4.78, 5) is 0. The van der Waals surface area contributed by atoms with Crippen LogP contribution >= 0.6 is 15.9 Å². The summed E-state index contributed by atoms with van der Waals surface area (Å²) >= 11 is 3.02. The van der Waals surface area contributed by atoms with Gasteiger partial charge in [0.05, 0.1) is 13.2 Å². The highest BCUT2D eigenvalue weighted by Crippen LogP contribution is 2.28. The Bertz CT molecular complexity index is 355. The van der Waals surface area contributed by atoms with Gasteiger partial charge in [-0.3, -0.25) is 0 Å². The third-order valence-corrected chi connectivity index (χ3v) is 2.87. The Morgan fingerprint density at radius 2 is 1.75 bits per heavy atom. The number of rotatable bonds is 2. The molecular formula is C11H11BrF2O2. The summed E-state index contributed by atoms with van der Waals surface area (Å²) in [6, 6.07) is 2.38. The van der Waals surface area contributed by atoms with Gasteiger partial charge in [0, 0.05) is 17.3 Å². The lowest BCUT2D eigenvalue weighted by Gasteiger charge is -2.23. The van der Waals surface area contributed by atoms with Crippen molar-refractivity contribution in [2.45, 2.75) is 18.9 Å². The van der Waals surface area contributed by atoms with Gasteiger partial charge >= 0.3 is 0 Å². The van der Waals surface area contributed by atoms with Crippen LogP contribution in [0.3, 0.4) is 0 Å². The molecule has 2 rings (SSSR count). The second-order valence-corrected chi connectivity index (χ2v) is 4.54. The topological polar surface area (TPSA) is 18.5 Å². The van der Waals surface area contributed by atoms with Crippen molar-refractivity contribution in [3.05, 3.63) is 28.2 Å². The first-order chi connectivity index (χ1) is 7.66. The highest BCUT2D eigenvalue weighted by molar-refractivity contribution is 9.10. The third-order valence-electron chi connectivity index (χ3n) is 2.42. The van der Waals surface area contributed by atoms with Gasteiger partial charge in [-0.05, 0) is 12.1 Å². The minimum atomic E-state index is -0.682. The van der Waals surface area contributed by atoms with E-state index in [1.165, 1.54) is 12.1 Å². The lowest BCUT2D eigenvalue weighted by molar-refractivity contribution is 0.0223. The quantitative estimate of drug-likeness (QED) is 0.833. The molecule has 1 fully saturated rings. The first kappa shape index (κ1) is 11.8. The standard InChI is InChI=1S/C11H11BrF2O2/c12-7-5-9(13)11(10(14)6-7)16-8-1-3-15-4-2-8/h5-6,8H,1-4H2. The van der Waals surface area contributed by atoms with E-state index in [1.807, 2.05) is 0 Å². The molecule has 5 heteroatoms. The fourth-order valence-corrected chi connectivity index (χ4v) is 2.00. The predicted octanol–water partition coefficient (Wildman–Crippen LogP) is 3.29. The Kier molecular flexibility index (Phi) is 3.76. The lowest BCUT2D eigenvalue weighted by atomic mass is 10.1. The average Bonchev–Trinajstić information content (AvgIpc) is 2.25. The maximum Gasteiger partial charge on any atom is 0.191 e. The zero-order valence-electron chi connectivity index (χ0n) is 8.51. The van der Waals surface area contributed by atoms with Crippen LogP contribution in [-0.2, 0) is 4.74 Å². The molecule has 16 heavy (non-hydrogen) atoms. The van der Waals surface area contributed by atoms with E-state index in [0.29, 0.717) is 30.5 Å². The van der Waals surface area contributed by atoms with Crippen molar-refractivity contribution in [2.75, 3.05) is 13.2 Å². The molecule has 0 spiro atoms. The smallest absolute Gasteiger partial charge is 0.191 e. The van der Waals surface area contributed by atoms with E-state index in [9.17, 15) is 8.78 Å². The van der Waals surface area contributed by atoms with Crippen LogP contribution in [0.5, 0.6) is 5.75 Å². The van der Waals surface area contributed by atoms with Gasteiger partial charge in [0.2, 0.25) is 0 Å². The maximum atomic E-state index is 13.4. The van der Waals surface area contributed by atoms with E-state index in [-0.39, 0.29) is 11.9 Å². The van der Waals surface area contributed by atoms with Crippen LogP contribution in [0.1, 0.15) is 12.8 Å². The normalized spacial score (nSPS) is 17.4. The Morgan fingerprint density at radius 3 is 2.31 bits per heavy atom. The molecule has 1 aromatic carbocycles. The van der Waals surface area contributed by atoms with E-state index >= 15 is 0 Å². The molecule has 0 aromatic heterocycles. The van der Waals surface area contributed by atoms with Crippen molar-refractivity contribution in [3.63, 3.8) is 0 Å². The third kappa shape index (κ3) is 2.71. The molecule has 1 aliphatic heterocycles. The van der Waals surface area contributed by atoms with Crippen molar-refractivity contribution in [1.29, 1.82) is 0 Å². The maximum absolute atomic E-state index is 13.4. The highest BCUT2D eigenvalue weighted by atomic mass is 79.9. The molecule has 0 saturated carbocycles. The first-order valence-electron chi connectivity index (χ1n) is 5.06. The van der Waals surface area contributed by atoms with E-state index in [2.05, 4.69) is 15.9 Å². The van der Waals surface area contributed by atoms with Crippen LogP contribution in [0.15, 0.2) is 16.6 Å². The summed E-state index contributed by atoms with van der Waals surface area (Å²) in [6.45, 7) is 1.15. The summed E-state index contributed by atoms with van der Waals surface area (Å²) in [5.74, 6) is -1.66. The number of hydrogen-bond acceptors (Lipinski definition) is 2. The molecule has 0 amide bonds. The van der Waals surface area contributed by atoms with E-state index in [0.717, 1.165) is 0 Å². The van der Waals surface area contributed by atoms with Gasteiger partial charge in [-0.1, -0.05) is 15.9 Å². The van der Waals surface area contributed by atoms with Gasteiger partial charge in [0.15, 0.2) is 17.4 Å². The molecule has 0 aliphatic carbocycles. The molecule has 88 valence electrons. The SMILES string of the molecule is Fc1cc(Br)cc(F)c1OC1CCOCC1. The van der Waals surface area contributed by atoms with E-state index < -0.39 is 11.6 Å². The summed E-state index contributed by atoms with van der Waals surface area (Å²) in [6.07, 6.45) is 1.16. The van der Waals surface area contributed by atoms with Gasteiger partial charge in [0.25, 0.3) is 0 Å². The lowest BCUT2D eigenvalue weighted by Crippen LogP contribution is -2.26. The van der Waals surface area contributed by atoms with Gasteiger partial charge in [0.1, 0.15) is 6.10 Å². The predicted molar refractivity (Wildman–Crippen MR) is 58.5 cm³/mol. The second-order valence-electron chi connectivity index (χ2n) is 3.63. The number of benzene rings is 1. The monoisotopic (exact) mass is 292 g/mol. The van der Waals surface area contributed by atoms with Gasteiger partial charge in [-0.25, -0.2) is 8.78 Å². The molecule has 1 aromatic rings. The number of hydrogen-bond donors (Lipinski definition) is 0. The molecule has 2 nitrogen and oxygen atoms in total.